The Kier molecular flexibility index (Phi) is 4.88. The number of benzene rings is 2. The number of ether oxygens (including phenoxy) is 1. The van der Waals surface area contributed by atoms with Crippen molar-refractivity contribution in [1.82, 2.24) is 0 Å². The normalized spacial score (nSPS) is 10.4. The zero-order valence-corrected chi connectivity index (χ0v) is 12.5. The Bertz CT molecular complexity index is 586. The first-order chi connectivity index (χ1) is 9.65. The lowest BCUT2D eigenvalue weighted by Gasteiger charge is -2.21. The minimum Gasteiger partial charge on any atom is -0.497 e. The van der Waals surface area contributed by atoms with Gasteiger partial charge >= 0.3 is 0 Å². The molecule has 0 spiro atoms. The summed E-state index contributed by atoms with van der Waals surface area (Å²) in [5.41, 5.74) is 8.73. The molecule has 3 nitrogen and oxygen atoms in total. The highest BCUT2D eigenvalue weighted by atomic mass is 35.5. The van der Waals surface area contributed by atoms with Gasteiger partial charge in [-0.05, 0) is 42.8 Å². The fraction of sp³-hybridized carbons (Fsp3) is 0.250. The number of methoxy groups -OCH3 is 1. The minimum atomic E-state index is 0.602. The molecule has 0 bridgehead atoms. The van der Waals surface area contributed by atoms with E-state index < -0.39 is 0 Å². The SMILES string of the molecule is COc1cccc(N(C)c2ccc(CCN)c(Cl)c2)c1. The van der Waals surface area contributed by atoms with E-state index in [1.807, 2.05) is 43.4 Å². The van der Waals surface area contributed by atoms with Crippen molar-refractivity contribution >= 4 is 23.0 Å². The molecule has 0 amide bonds. The maximum atomic E-state index is 6.29. The third-order valence-electron chi connectivity index (χ3n) is 3.28. The highest BCUT2D eigenvalue weighted by molar-refractivity contribution is 6.31. The van der Waals surface area contributed by atoms with Crippen LogP contribution in [0.25, 0.3) is 0 Å². The van der Waals surface area contributed by atoms with Gasteiger partial charge in [0, 0.05) is 29.5 Å². The lowest BCUT2D eigenvalue weighted by molar-refractivity contribution is 0.415. The van der Waals surface area contributed by atoms with Gasteiger partial charge in [-0.25, -0.2) is 0 Å². The number of nitrogens with zero attached hydrogens (tertiary/aromatic N) is 1. The van der Waals surface area contributed by atoms with Crippen molar-refractivity contribution in [1.29, 1.82) is 0 Å². The average molecular weight is 291 g/mol. The Balaban J connectivity index is 2.28. The van der Waals surface area contributed by atoms with E-state index in [1.54, 1.807) is 7.11 Å². The van der Waals surface area contributed by atoms with Gasteiger partial charge in [-0.15, -0.1) is 0 Å². The lowest BCUT2D eigenvalue weighted by atomic mass is 10.1. The molecule has 4 heteroatoms. The molecule has 0 unspecified atom stereocenters. The Hall–Kier alpha value is -1.71. The van der Waals surface area contributed by atoms with Crippen molar-refractivity contribution in [2.24, 2.45) is 5.73 Å². The van der Waals surface area contributed by atoms with Crippen LogP contribution in [0.1, 0.15) is 5.56 Å². The Morgan fingerprint density at radius 3 is 2.55 bits per heavy atom. The summed E-state index contributed by atoms with van der Waals surface area (Å²) >= 11 is 6.29. The van der Waals surface area contributed by atoms with Gasteiger partial charge < -0.3 is 15.4 Å². The van der Waals surface area contributed by atoms with Gasteiger partial charge in [0.25, 0.3) is 0 Å². The topological polar surface area (TPSA) is 38.5 Å². The number of halogens is 1. The highest BCUT2D eigenvalue weighted by Gasteiger charge is 2.08. The van der Waals surface area contributed by atoms with Gasteiger partial charge in [0.05, 0.1) is 7.11 Å². The molecule has 0 atom stereocenters. The molecular weight excluding hydrogens is 272 g/mol. The van der Waals surface area contributed by atoms with E-state index in [1.165, 1.54) is 0 Å². The highest BCUT2D eigenvalue weighted by Crippen LogP contribution is 2.30. The van der Waals surface area contributed by atoms with Crippen molar-refractivity contribution in [2.45, 2.75) is 6.42 Å². The van der Waals surface area contributed by atoms with Crippen LogP contribution >= 0.6 is 11.6 Å². The van der Waals surface area contributed by atoms with Gasteiger partial charge in [-0.3, -0.25) is 0 Å². The van der Waals surface area contributed by atoms with Crippen molar-refractivity contribution < 1.29 is 4.74 Å². The molecule has 2 aromatic rings. The van der Waals surface area contributed by atoms with Crippen LogP contribution in [0.2, 0.25) is 5.02 Å². The number of anilines is 2. The van der Waals surface area contributed by atoms with Crippen LogP contribution in [0.5, 0.6) is 5.75 Å². The molecule has 106 valence electrons. The molecule has 0 heterocycles. The summed E-state index contributed by atoms with van der Waals surface area (Å²) in [4.78, 5) is 2.07. The van der Waals surface area contributed by atoms with Gasteiger partial charge in [-0.1, -0.05) is 23.7 Å². The molecule has 2 aromatic carbocycles. The zero-order chi connectivity index (χ0) is 14.5. The van der Waals surface area contributed by atoms with E-state index >= 15 is 0 Å². The third kappa shape index (κ3) is 3.24. The minimum absolute atomic E-state index is 0.602. The molecule has 2 N–H and O–H groups in total. The number of nitrogens with two attached hydrogens (primary N) is 1. The van der Waals surface area contributed by atoms with Crippen LogP contribution in [0.4, 0.5) is 11.4 Å². The summed E-state index contributed by atoms with van der Waals surface area (Å²) in [7, 11) is 3.67. The van der Waals surface area contributed by atoms with Crippen molar-refractivity contribution in [3.05, 3.63) is 53.1 Å². The van der Waals surface area contributed by atoms with E-state index in [9.17, 15) is 0 Å². The quantitative estimate of drug-likeness (QED) is 0.914. The summed E-state index contributed by atoms with van der Waals surface area (Å²) < 4.78 is 5.25. The molecule has 0 aliphatic rings. The van der Waals surface area contributed by atoms with Gasteiger partial charge in [0.1, 0.15) is 5.75 Å². The Labute approximate surface area is 124 Å². The molecule has 0 fully saturated rings. The molecule has 0 radical (unpaired) electrons. The first-order valence-corrected chi connectivity index (χ1v) is 6.89. The van der Waals surface area contributed by atoms with E-state index in [2.05, 4.69) is 11.0 Å². The predicted octanol–water partition coefficient (Wildman–Crippen LogP) is 3.62. The largest absolute Gasteiger partial charge is 0.497 e. The maximum absolute atomic E-state index is 6.29. The second kappa shape index (κ2) is 6.64. The third-order valence-corrected chi connectivity index (χ3v) is 3.63. The van der Waals surface area contributed by atoms with Gasteiger partial charge in [0.15, 0.2) is 0 Å². The maximum Gasteiger partial charge on any atom is 0.120 e. The smallest absolute Gasteiger partial charge is 0.120 e. The Morgan fingerprint density at radius 2 is 1.90 bits per heavy atom. The van der Waals surface area contributed by atoms with E-state index in [0.717, 1.165) is 34.1 Å². The summed E-state index contributed by atoms with van der Waals surface area (Å²) in [6, 6.07) is 14.0. The second-order valence-corrected chi connectivity index (χ2v) is 4.98. The molecule has 0 saturated heterocycles. The monoisotopic (exact) mass is 290 g/mol. The summed E-state index contributed by atoms with van der Waals surface area (Å²) in [6.07, 6.45) is 0.794. The zero-order valence-electron chi connectivity index (χ0n) is 11.8. The molecule has 0 aliphatic heterocycles. The summed E-state index contributed by atoms with van der Waals surface area (Å²) in [5.74, 6) is 0.834. The first kappa shape index (κ1) is 14.7. The summed E-state index contributed by atoms with van der Waals surface area (Å²) in [5, 5.41) is 0.752. The van der Waals surface area contributed by atoms with Crippen molar-refractivity contribution in [3.8, 4) is 5.75 Å². The molecule has 20 heavy (non-hydrogen) atoms. The van der Waals surface area contributed by atoms with E-state index in [0.29, 0.717) is 6.54 Å². The van der Waals surface area contributed by atoms with Gasteiger partial charge in [-0.2, -0.15) is 0 Å². The van der Waals surface area contributed by atoms with Crippen molar-refractivity contribution in [3.63, 3.8) is 0 Å². The van der Waals surface area contributed by atoms with Crippen LogP contribution in [0.15, 0.2) is 42.5 Å². The van der Waals surface area contributed by atoms with Crippen LogP contribution in [0.3, 0.4) is 0 Å². The fourth-order valence-electron chi connectivity index (χ4n) is 2.07. The lowest BCUT2D eigenvalue weighted by Crippen LogP contribution is -2.10. The van der Waals surface area contributed by atoms with Crippen molar-refractivity contribution in [2.75, 3.05) is 25.6 Å². The molecular formula is C16H19ClN2O. The van der Waals surface area contributed by atoms with Gasteiger partial charge in [0.2, 0.25) is 0 Å². The second-order valence-electron chi connectivity index (χ2n) is 4.57. The molecule has 2 rings (SSSR count). The number of hydrogen-bond donors (Lipinski definition) is 1. The molecule has 0 saturated carbocycles. The average Bonchev–Trinajstić information content (AvgIpc) is 2.49. The standard InChI is InChI=1S/C16H19ClN2O/c1-19(13-4-3-5-15(10-13)20-2)14-7-6-12(8-9-18)16(17)11-14/h3-7,10-11H,8-9,18H2,1-2H3. The molecule has 0 aliphatic carbocycles. The Morgan fingerprint density at radius 1 is 1.15 bits per heavy atom. The van der Waals surface area contributed by atoms with Crippen LogP contribution in [0, 0.1) is 0 Å². The fourth-order valence-corrected chi connectivity index (χ4v) is 2.34. The van der Waals surface area contributed by atoms with E-state index in [-0.39, 0.29) is 0 Å². The molecule has 0 aromatic heterocycles. The van der Waals surface area contributed by atoms with Crippen LogP contribution in [-0.2, 0) is 6.42 Å². The first-order valence-electron chi connectivity index (χ1n) is 6.52. The predicted molar refractivity (Wildman–Crippen MR) is 85.3 cm³/mol. The van der Waals surface area contributed by atoms with Crippen LogP contribution in [-0.4, -0.2) is 20.7 Å². The number of hydrogen-bond acceptors (Lipinski definition) is 3. The van der Waals surface area contributed by atoms with E-state index in [4.69, 9.17) is 22.1 Å². The summed E-state index contributed by atoms with van der Waals surface area (Å²) in [6.45, 7) is 0.602. The van der Waals surface area contributed by atoms with Crippen LogP contribution < -0.4 is 15.4 Å². The number of rotatable bonds is 5.